The number of carbonyl (C=O) groups is 2. The predicted octanol–water partition coefficient (Wildman–Crippen LogP) is 0.885. The molecule has 2 N–H and O–H groups in total. The molecule has 1 amide bonds. The number of aliphatic imine (C=N–C) groups is 1. The molecule has 0 aromatic heterocycles. The van der Waals surface area contributed by atoms with E-state index in [2.05, 4.69) is 16.9 Å². The van der Waals surface area contributed by atoms with E-state index in [1.807, 2.05) is 0 Å². The van der Waals surface area contributed by atoms with Crippen molar-refractivity contribution in [2.45, 2.75) is 20.3 Å². The minimum atomic E-state index is -1.36. The van der Waals surface area contributed by atoms with E-state index in [1.54, 1.807) is 43.3 Å². The largest absolute Gasteiger partial charge is 0.562 e. The van der Waals surface area contributed by atoms with Gasteiger partial charge in [0.05, 0.1) is 0 Å². The van der Waals surface area contributed by atoms with Crippen molar-refractivity contribution in [3.8, 4) is 0 Å². The van der Waals surface area contributed by atoms with Gasteiger partial charge in [0.25, 0.3) is 0 Å². The van der Waals surface area contributed by atoms with Crippen molar-refractivity contribution in [1.82, 2.24) is 5.32 Å². The van der Waals surface area contributed by atoms with Gasteiger partial charge >= 0.3 is 13.1 Å². The second-order valence-electron chi connectivity index (χ2n) is 4.54. The minimum absolute atomic E-state index is 0. The van der Waals surface area contributed by atoms with Gasteiger partial charge in [0, 0.05) is 11.7 Å². The molecule has 0 saturated heterocycles. The van der Waals surface area contributed by atoms with Crippen LogP contribution in [0, 0.1) is 0 Å². The molecular formula is C16H19BN2O4. The highest BCUT2D eigenvalue weighted by Gasteiger charge is 2.42. The maximum Gasteiger partial charge on any atom is 0.562 e. The molecule has 6 nitrogen and oxygen atoms in total. The summed E-state index contributed by atoms with van der Waals surface area (Å²) in [6.45, 7) is 5.24. The lowest BCUT2D eigenvalue weighted by Crippen LogP contribution is -2.50. The molecule has 1 heterocycles. The van der Waals surface area contributed by atoms with Crippen LogP contribution in [0.25, 0.3) is 0 Å². The molecule has 7 heteroatoms. The van der Waals surface area contributed by atoms with Crippen LogP contribution < -0.4 is 10.8 Å². The fourth-order valence-electron chi connectivity index (χ4n) is 2.19. The van der Waals surface area contributed by atoms with Crippen LogP contribution >= 0.6 is 0 Å². The van der Waals surface area contributed by atoms with Gasteiger partial charge in [-0.1, -0.05) is 44.3 Å². The normalized spacial score (nSPS) is 17.1. The highest BCUT2D eigenvalue weighted by molar-refractivity contribution is 6.63. The average molecular weight is 314 g/mol. The molecule has 0 saturated carbocycles. The van der Waals surface area contributed by atoms with Crippen LogP contribution in [0.4, 0.5) is 0 Å². The van der Waals surface area contributed by atoms with Crippen molar-refractivity contribution in [3.05, 3.63) is 54.8 Å². The molecule has 120 valence electrons. The number of nitrogens with one attached hydrogen (secondary N) is 1. The van der Waals surface area contributed by atoms with E-state index >= 15 is 0 Å². The number of hydrogen-bond donors (Lipinski definition) is 2. The van der Waals surface area contributed by atoms with Crippen molar-refractivity contribution >= 4 is 30.3 Å². The fraction of sp³-hybridized carbons (Fsp3) is 0.188. The van der Waals surface area contributed by atoms with Crippen molar-refractivity contribution in [3.63, 3.8) is 0 Å². The second kappa shape index (κ2) is 8.10. The van der Waals surface area contributed by atoms with Crippen LogP contribution in [0.3, 0.4) is 0 Å². The van der Waals surface area contributed by atoms with E-state index < -0.39 is 24.9 Å². The molecule has 23 heavy (non-hydrogen) atoms. The Morgan fingerprint density at radius 1 is 1.48 bits per heavy atom. The first kappa shape index (κ1) is 18.4. The van der Waals surface area contributed by atoms with Crippen LogP contribution in [-0.4, -0.2) is 29.9 Å². The molecule has 0 bridgehead atoms. The van der Waals surface area contributed by atoms with E-state index in [0.29, 0.717) is 11.0 Å². The van der Waals surface area contributed by atoms with Crippen LogP contribution in [0.15, 0.2) is 54.2 Å². The van der Waals surface area contributed by atoms with Crippen molar-refractivity contribution < 1.29 is 19.3 Å². The maximum atomic E-state index is 12.4. The Bertz CT molecular complexity index is 670. The molecular weight excluding hydrogens is 295 g/mol. The van der Waals surface area contributed by atoms with Crippen LogP contribution in [0.1, 0.15) is 25.8 Å². The van der Waals surface area contributed by atoms with E-state index in [4.69, 9.17) is 4.65 Å². The van der Waals surface area contributed by atoms with Gasteiger partial charge in [-0.2, -0.15) is 0 Å². The lowest BCUT2D eigenvalue weighted by Gasteiger charge is -2.25. The third-order valence-corrected chi connectivity index (χ3v) is 3.10. The summed E-state index contributed by atoms with van der Waals surface area (Å²) in [6, 6.07) is 6.61. The zero-order valence-electron chi connectivity index (χ0n) is 12.0. The van der Waals surface area contributed by atoms with Gasteiger partial charge in [-0.25, -0.2) is 4.99 Å². The number of allylic oxidation sites excluding steroid dienone is 1. The molecule has 0 spiro atoms. The summed E-state index contributed by atoms with van der Waals surface area (Å²) in [5.74, 6) is -2.27. The van der Waals surface area contributed by atoms with Crippen LogP contribution in [0.2, 0.25) is 0 Å². The Kier molecular flexibility index (Phi) is 6.47. The van der Waals surface area contributed by atoms with Gasteiger partial charge in [0.1, 0.15) is 5.84 Å². The standard InChI is InChI=1S/C15H15BN2O4.CH4/c1-3-7-12(17-4-2)18-14(19)13-10-8-5-6-9-11(10)16(21)22-15(13)20;/h3-9,13,21H,2H2,1H3,(H,17,18,19);1H4/b7-3-;. The van der Waals surface area contributed by atoms with E-state index in [1.165, 1.54) is 6.20 Å². The third kappa shape index (κ3) is 3.95. The number of amides is 1. The molecule has 0 radical (unpaired) electrons. The van der Waals surface area contributed by atoms with Gasteiger partial charge in [-0.15, -0.1) is 0 Å². The number of benzene rings is 1. The smallest absolute Gasteiger partial charge is 0.505 e. The Morgan fingerprint density at radius 3 is 2.83 bits per heavy atom. The minimum Gasteiger partial charge on any atom is -0.505 e. The Morgan fingerprint density at radius 2 is 2.17 bits per heavy atom. The van der Waals surface area contributed by atoms with E-state index in [0.717, 1.165) is 0 Å². The third-order valence-electron chi connectivity index (χ3n) is 3.10. The van der Waals surface area contributed by atoms with Crippen LogP contribution in [-0.2, 0) is 14.2 Å². The predicted molar refractivity (Wildman–Crippen MR) is 90.2 cm³/mol. The summed E-state index contributed by atoms with van der Waals surface area (Å²) in [5, 5.41) is 12.3. The summed E-state index contributed by atoms with van der Waals surface area (Å²) in [6.07, 6.45) is 4.56. The van der Waals surface area contributed by atoms with Gasteiger partial charge in [-0.05, 0) is 18.6 Å². The lowest BCUT2D eigenvalue weighted by molar-refractivity contribution is -0.141. The van der Waals surface area contributed by atoms with Crippen molar-refractivity contribution in [2.75, 3.05) is 0 Å². The number of hydrogen-bond acceptors (Lipinski definition) is 5. The first-order valence-corrected chi connectivity index (χ1v) is 6.68. The zero-order valence-corrected chi connectivity index (χ0v) is 12.0. The SMILES string of the molecule is C.C=CN=C(/C=C\C)NC(=O)C1C(=O)OB(O)c2ccccc21. The van der Waals surface area contributed by atoms with Gasteiger partial charge in [-0.3, -0.25) is 9.59 Å². The van der Waals surface area contributed by atoms with E-state index in [-0.39, 0.29) is 13.3 Å². The molecule has 1 atom stereocenters. The Labute approximate surface area is 135 Å². The van der Waals surface area contributed by atoms with Gasteiger partial charge in [0.15, 0.2) is 5.92 Å². The molecule has 0 aliphatic carbocycles. The molecule has 1 aromatic rings. The topological polar surface area (TPSA) is 88.0 Å². The summed E-state index contributed by atoms with van der Waals surface area (Å²) >= 11 is 0. The molecule has 1 aromatic carbocycles. The number of rotatable bonds is 3. The molecule has 1 aliphatic heterocycles. The molecule has 2 rings (SSSR count). The maximum absolute atomic E-state index is 12.4. The lowest BCUT2D eigenvalue weighted by atomic mass is 9.70. The summed E-state index contributed by atoms with van der Waals surface area (Å²) in [7, 11) is -1.36. The van der Waals surface area contributed by atoms with Crippen LogP contribution in [0.5, 0.6) is 0 Å². The van der Waals surface area contributed by atoms with Gasteiger partial charge < -0.3 is 15.0 Å². The highest BCUT2D eigenvalue weighted by Crippen LogP contribution is 2.21. The average Bonchev–Trinajstić information content (AvgIpc) is 2.47. The molecule has 1 unspecified atom stereocenters. The Hall–Kier alpha value is -2.67. The van der Waals surface area contributed by atoms with Crippen molar-refractivity contribution in [1.29, 1.82) is 0 Å². The number of amidine groups is 1. The first-order chi connectivity index (χ1) is 10.6. The number of fused-ring (bicyclic) bond motifs is 1. The number of carbonyl (C=O) groups excluding carboxylic acids is 2. The Balaban J connectivity index is 0.00000264. The molecule has 1 aliphatic rings. The summed E-state index contributed by atoms with van der Waals surface area (Å²) < 4.78 is 4.83. The van der Waals surface area contributed by atoms with Gasteiger partial charge in [0.2, 0.25) is 5.91 Å². The number of nitrogens with zero attached hydrogens (tertiary/aromatic N) is 1. The first-order valence-electron chi connectivity index (χ1n) is 6.68. The zero-order chi connectivity index (χ0) is 16.1. The highest BCUT2D eigenvalue weighted by atomic mass is 16.6. The second-order valence-corrected chi connectivity index (χ2v) is 4.54. The monoisotopic (exact) mass is 314 g/mol. The summed E-state index contributed by atoms with van der Waals surface area (Å²) in [5.41, 5.74) is 0.817. The van der Waals surface area contributed by atoms with Crippen molar-refractivity contribution in [2.24, 2.45) is 4.99 Å². The quantitative estimate of drug-likeness (QED) is 0.375. The fourth-order valence-corrected chi connectivity index (χ4v) is 2.19. The molecule has 0 fully saturated rings. The van der Waals surface area contributed by atoms with E-state index in [9.17, 15) is 14.6 Å². The summed E-state index contributed by atoms with van der Waals surface area (Å²) in [4.78, 5) is 28.3.